The first-order valence-electron chi connectivity index (χ1n) is 10.2. The van der Waals surface area contributed by atoms with Crippen molar-refractivity contribution < 1.29 is 24.2 Å². The van der Waals surface area contributed by atoms with Crippen LogP contribution in [0.15, 0.2) is 24.5 Å². The second-order valence-electron chi connectivity index (χ2n) is 7.05. The normalized spacial score (nSPS) is 13.5. The molecule has 2 aromatic heterocycles. The number of aromatic nitrogens is 3. The first-order valence-corrected chi connectivity index (χ1v) is 10.2. The number of amides is 2. The van der Waals surface area contributed by atoms with Gasteiger partial charge in [0.25, 0.3) is 5.91 Å². The van der Waals surface area contributed by atoms with Crippen LogP contribution in [0.5, 0.6) is 0 Å². The fourth-order valence-electron chi connectivity index (χ4n) is 3.15. The van der Waals surface area contributed by atoms with Crippen molar-refractivity contribution in [3.05, 3.63) is 41.3 Å². The molecule has 4 N–H and O–H groups in total. The molecule has 0 radical (unpaired) electrons. The van der Waals surface area contributed by atoms with Crippen molar-refractivity contribution in [2.75, 3.05) is 25.0 Å². The summed E-state index contributed by atoms with van der Waals surface area (Å²) in [4.78, 5) is 39.6. The number of pyridine rings is 1. The Kier molecular flexibility index (Phi) is 7.41. The van der Waals surface area contributed by atoms with E-state index in [2.05, 4.69) is 36.8 Å². The molecule has 0 saturated heterocycles. The summed E-state index contributed by atoms with van der Waals surface area (Å²) >= 11 is 0. The minimum absolute atomic E-state index is 0.112. The van der Waals surface area contributed by atoms with Crippen LogP contribution in [0.25, 0.3) is 0 Å². The molecule has 2 aromatic rings. The molecule has 0 fully saturated rings. The van der Waals surface area contributed by atoms with Crippen molar-refractivity contribution in [2.45, 2.75) is 38.8 Å². The molecular weight excluding hydrogens is 404 g/mol. The van der Waals surface area contributed by atoms with Crippen LogP contribution in [0.2, 0.25) is 0 Å². The highest BCUT2D eigenvalue weighted by atomic mass is 16.5. The van der Waals surface area contributed by atoms with E-state index in [4.69, 9.17) is 0 Å². The van der Waals surface area contributed by atoms with Crippen LogP contribution in [0, 0.1) is 0 Å². The van der Waals surface area contributed by atoms with Gasteiger partial charge in [-0.15, -0.1) is 0 Å². The van der Waals surface area contributed by atoms with Gasteiger partial charge in [0, 0.05) is 37.9 Å². The van der Waals surface area contributed by atoms with Gasteiger partial charge in [-0.1, -0.05) is 6.07 Å². The summed E-state index contributed by atoms with van der Waals surface area (Å²) in [6.07, 6.45) is 4.93. The van der Waals surface area contributed by atoms with E-state index in [-0.39, 0.29) is 13.2 Å². The molecule has 0 unspecified atom stereocenters. The lowest BCUT2D eigenvalue weighted by atomic mass is 10.1. The molecule has 31 heavy (non-hydrogen) atoms. The Balaban J connectivity index is 1.50. The van der Waals surface area contributed by atoms with Gasteiger partial charge < -0.3 is 25.8 Å². The number of nitrogens with zero attached hydrogens (tertiary/aromatic N) is 3. The summed E-state index contributed by atoms with van der Waals surface area (Å²) in [5.41, 5.74) is 2.45. The number of anilines is 1. The van der Waals surface area contributed by atoms with Crippen LogP contribution in [-0.4, -0.2) is 63.6 Å². The standard InChI is InChI=1S/C20H26N6O5/c1-2-31-20(30)25-16(19(28)29)11-22-18(27)14-10-23-26(12-14)9-7-15-6-5-13-4-3-8-21-17(13)24-15/h5-6,10,12,16H,2-4,7-9,11H2,1H3,(H,21,24)(H,22,27)(H,25,30)(H,28,29)/t16-/m0/s1. The number of fused-ring (bicyclic) bond motifs is 1. The van der Waals surface area contributed by atoms with Gasteiger partial charge in [0.15, 0.2) is 0 Å². The molecule has 166 valence electrons. The molecule has 3 heterocycles. The molecule has 1 atom stereocenters. The summed E-state index contributed by atoms with van der Waals surface area (Å²) in [6, 6.07) is 2.79. The van der Waals surface area contributed by atoms with Gasteiger partial charge in [-0.2, -0.15) is 5.10 Å². The van der Waals surface area contributed by atoms with E-state index in [0.717, 1.165) is 30.9 Å². The van der Waals surface area contributed by atoms with Crippen molar-refractivity contribution >= 4 is 23.8 Å². The number of carbonyl (C=O) groups excluding carboxylic acids is 2. The maximum atomic E-state index is 12.3. The predicted octanol–water partition coefficient (Wildman–Crippen LogP) is 0.808. The lowest BCUT2D eigenvalue weighted by Gasteiger charge is -2.17. The number of hydrogen-bond donors (Lipinski definition) is 4. The maximum absolute atomic E-state index is 12.3. The highest BCUT2D eigenvalue weighted by Crippen LogP contribution is 2.19. The third kappa shape index (κ3) is 6.17. The second-order valence-corrected chi connectivity index (χ2v) is 7.05. The van der Waals surface area contributed by atoms with Crippen LogP contribution < -0.4 is 16.0 Å². The molecule has 11 nitrogen and oxygen atoms in total. The molecule has 3 rings (SSSR count). The van der Waals surface area contributed by atoms with Gasteiger partial charge in [-0.25, -0.2) is 14.6 Å². The van der Waals surface area contributed by atoms with E-state index in [1.807, 2.05) is 6.07 Å². The van der Waals surface area contributed by atoms with Gasteiger partial charge in [0.2, 0.25) is 0 Å². The molecule has 0 bridgehead atoms. The number of carbonyl (C=O) groups is 3. The number of carboxylic acids is 1. The predicted molar refractivity (Wildman–Crippen MR) is 111 cm³/mol. The zero-order valence-electron chi connectivity index (χ0n) is 17.3. The quantitative estimate of drug-likeness (QED) is 0.457. The average Bonchev–Trinajstić information content (AvgIpc) is 3.24. The topological polar surface area (TPSA) is 147 Å². The summed E-state index contributed by atoms with van der Waals surface area (Å²) in [5, 5.41) is 21.3. The highest BCUT2D eigenvalue weighted by Gasteiger charge is 2.22. The van der Waals surface area contributed by atoms with Crippen molar-refractivity contribution in [1.29, 1.82) is 0 Å². The van der Waals surface area contributed by atoms with Crippen LogP contribution in [0.4, 0.5) is 10.6 Å². The summed E-state index contributed by atoms with van der Waals surface area (Å²) in [5.74, 6) is -0.830. The largest absolute Gasteiger partial charge is 0.480 e. The molecule has 1 aliphatic rings. The van der Waals surface area contributed by atoms with Crippen LogP contribution in [0.3, 0.4) is 0 Å². The monoisotopic (exact) mass is 430 g/mol. The summed E-state index contributed by atoms with van der Waals surface area (Å²) in [6.45, 7) is 2.90. The fourth-order valence-corrected chi connectivity index (χ4v) is 3.15. The Morgan fingerprint density at radius 3 is 2.97 bits per heavy atom. The van der Waals surface area contributed by atoms with Gasteiger partial charge in [0.1, 0.15) is 11.9 Å². The maximum Gasteiger partial charge on any atom is 0.407 e. The number of carboxylic acid groups (broad SMARTS) is 1. The Morgan fingerprint density at radius 2 is 2.19 bits per heavy atom. The molecule has 2 amide bonds. The van der Waals surface area contributed by atoms with E-state index in [0.29, 0.717) is 18.5 Å². The van der Waals surface area contributed by atoms with E-state index in [1.54, 1.807) is 17.8 Å². The zero-order valence-corrected chi connectivity index (χ0v) is 17.3. The molecule has 0 aliphatic carbocycles. The first kappa shape index (κ1) is 22.1. The van der Waals surface area contributed by atoms with Crippen molar-refractivity contribution in [3.63, 3.8) is 0 Å². The molecule has 0 aromatic carbocycles. The van der Waals surface area contributed by atoms with Crippen molar-refractivity contribution in [1.82, 2.24) is 25.4 Å². The Morgan fingerprint density at radius 1 is 1.35 bits per heavy atom. The lowest BCUT2D eigenvalue weighted by molar-refractivity contribution is -0.139. The number of aryl methyl sites for hydroxylation is 3. The van der Waals surface area contributed by atoms with Gasteiger partial charge >= 0.3 is 12.1 Å². The van der Waals surface area contributed by atoms with Crippen LogP contribution >= 0.6 is 0 Å². The van der Waals surface area contributed by atoms with Gasteiger partial charge in [-0.3, -0.25) is 9.48 Å². The Hall–Kier alpha value is -3.63. The summed E-state index contributed by atoms with van der Waals surface area (Å²) in [7, 11) is 0. The molecular formula is C20H26N6O5. The minimum Gasteiger partial charge on any atom is -0.480 e. The van der Waals surface area contributed by atoms with E-state index in [9.17, 15) is 19.5 Å². The number of nitrogens with one attached hydrogen (secondary N) is 3. The van der Waals surface area contributed by atoms with Crippen LogP contribution in [0.1, 0.15) is 35.0 Å². The Labute approximate surface area is 179 Å². The first-order chi connectivity index (χ1) is 15.0. The smallest absolute Gasteiger partial charge is 0.407 e. The van der Waals surface area contributed by atoms with Crippen LogP contribution in [-0.2, 0) is 28.9 Å². The van der Waals surface area contributed by atoms with Gasteiger partial charge in [-0.05, 0) is 31.4 Å². The Bertz CT molecular complexity index is 944. The third-order valence-corrected chi connectivity index (χ3v) is 4.78. The fraction of sp³-hybridized carbons (Fsp3) is 0.450. The number of alkyl carbamates (subject to hydrolysis) is 1. The molecule has 11 heteroatoms. The average molecular weight is 430 g/mol. The van der Waals surface area contributed by atoms with E-state index < -0.39 is 24.0 Å². The number of ether oxygens (including phenoxy) is 1. The molecule has 0 spiro atoms. The second kappa shape index (κ2) is 10.4. The van der Waals surface area contributed by atoms with Crippen molar-refractivity contribution in [3.8, 4) is 0 Å². The zero-order chi connectivity index (χ0) is 22.2. The summed E-state index contributed by atoms with van der Waals surface area (Å²) < 4.78 is 6.30. The third-order valence-electron chi connectivity index (χ3n) is 4.78. The SMILES string of the molecule is CCOC(=O)N[C@@H](CNC(=O)c1cnn(CCc2ccc3c(n2)NCCC3)c1)C(=O)O. The van der Waals surface area contributed by atoms with Crippen molar-refractivity contribution in [2.24, 2.45) is 0 Å². The molecule has 0 saturated carbocycles. The minimum atomic E-state index is -1.30. The number of hydrogen-bond acceptors (Lipinski definition) is 7. The lowest BCUT2D eigenvalue weighted by Crippen LogP contribution is -2.48. The molecule has 1 aliphatic heterocycles. The highest BCUT2D eigenvalue weighted by molar-refractivity contribution is 5.94. The number of aliphatic carboxylic acids is 1. The number of rotatable bonds is 9. The van der Waals surface area contributed by atoms with Gasteiger partial charge in [0.05, 0.1) is 18.4 Å². The van der Waals surface area contributed by atoms with E-state index >= 15 is 0 Å². The van der Waals surface area contributed by atoms with E-state index in [1.165, 1.54) is 11.8 Å².